The van der Waals surface area contributed by atoms with Crippen LogP contribution >= 0.6 is 11.6 Å². The minimum absolute atomic E-state index is 0.401. The molecule has 84 valence electrons. The van der Waals surface area contributed by atoms with Gasteiger partial charge < -0.3 is 5.11 Å². The van der Waals surface area contributed by atoms with Crippen molar-refractivity contribution in [1.29, 1.82) is 0 Å². The minimum atomic E-state index is -0.829. The van der Waals surface area contributed by atoms with E-state index in [-0.39, 0.29) is 0 Å². The fourth-order valence-electron chi connectivity index (χ4n) is 1.48. The molecule has 6 heteroatoms. The third-order valence-corrected chi connectivity index (χ3v) is 2.66. The van der Waals surface area contributed by atoms with E-state index in [1.807, 2.05) is 0 Å². The monoisotopic (exact) mass is 239 g/mol. The van der Waals surface area contributed by atoms with Gasteiger partial charge in [0.2, 0.25) is 0 Å². The highest BCUT2D eigenvalue weighted by Crippen LogP contribution is 2.17. The Kier molecular flexibility index (Phi) is 2.78. The normalized spacial score (nSPS) is 12.9. The number of hydrogen-bond donors (Lipinski definition) is 1. The highest BCUT2D eigenvalue weighted by molar-refractivity contribution is 6.33. The van der Waals surface area contributed by atoms with Crippen molar-refractivity contribution in [3.05, 3.63) is 29.4 Å². The molecule has 0 radical (unpaired) electrons. The summed E-state index contributed by atoms with van der Waals surface area (Å²) in [5, 5.41) is 9.29. The number of imidazole rings is 1. The third kappa shape index (κ3) is 1.86. The first-order chi connectivity index (χ1) is 7.59. The van der Waals surface area contributed by atoms with Gasteiger partial charge in [-0.2, -0.15) is 0 Å². The van der Waals surface area contributed by atoms with E-state index in [1.54, 1.807) is 23.8 Å². The van der Waals surface area contributed by atoms with E-state index in [9.17, 15) is 4.79 Å². The second-order valence-corrected chi connectivity index (χ2v) is 4.04. The minimum Gasteiger partial charge on any atom is -0.481 e. The van der Waals surface area contributed by atoms with Gasteiger partial charge in [0.05, 0.1) is 12.1 Å². The maximum absolute atomic E-state index is 10.8. The van der Waals surface area contributed by atoms with E-state index in [0.29, 0.717) is 17.1 Å². The van der Waals surface area contributed by atoms with E-state index in [0.717, 1.165) is 5.69 Å². The molecule has 0 aliphatic heterocycles. The van der Waals surface area contributed by atoms with E-state index in [4.69, 9.17) is 16.7 Å². The average Bonchev–Trinajstić information content (AvgIpc) is 2.63. The van der Waals surface area contributed by atoms with Crippen LogP contribution in [0.15, 0.2) is 18.7 Å². The Morgan fingerprint density at radius 2 is 2.38 bits per heavy atom. The number of carboxylic acids is 1. The molecule has 5 nitrogen and oxygen atoms in total. The molecular weight excluding hydrogens is 230 g/mol. The third-order valence-electron chi connectivity index (χ3n) is 2.39. The van der Waals surface area contributed by atoms with Gasteiger partial charge in [-0.25, -0.2) is 9.97 Å². The Balaban J connectivity index is 2.39. The molecule has 0 aliphatic carbocycles. The highest BCUT2D eigenvalue weighted by Gasteiger charge is 2.15. The summed E-state index contributed by atoms with van der Waals surface area (Å²) >= 11 is 5.91. The zero-order valence-electron chi connectivity index (χ0n) is 8.59. The van der Waals surface area contributed by atoms with Gasteiger partial charge in [0.15, 0.2) is 5.65 Å². The van der Waals surface area contributed by atoms with Gasteiger partial charge in [0, 0.05) is 18.3 Å². The van der Waals surface area contributed by atoms with Gasteiger partial charge in [0.25, 0.3) is 0 Å². The summed E-state index contributed by atoms with van der Waals surface area (Å²) in [5.74, 6) is -1.29. The van der Waals surface area contributed by atoms with Gasteiger partial charge in [0.1, 0.15) is 11.3 Å². The molecular formula is C10H10ClN3O2. The maximum Gasteiger partial charge on any atom is 0.306 e. The summed E-state index contributed by atoms with van der Waals surface area (Å²) in [6.45, 7) is 1.65. The van der Waals surface area contributed by atoms with Crippen molar-refractivity contribution < 1.29 is 9.90 Å². The van der Waals surface area contributed by atoms with Gasteiger partial charge in [-0.1, -0.05) is 18.5 Å². The molecule has 0 spiro atoms. The number of fused-ring (bicyclic) bond motifs is 1. The first kappa shape index (κ1) is 10.9. The molecule has 2 rings (SSSR count). The summed E-state index contributed by atoms with van der Waals surface area (Å²) in [4.78, 5) is 18.8. The molecule has 0 amide bonds. The fourth-order valence-corrected chi connectivity index (χ4v) is 1.67. The number of aliphatic carboxylic acids is 1. The molecule has 1 unspecified atom stereocenters. The standard InChI is InChI=1S/C10H10ClN3O2/c1-6(10(15)16)2-7-3-13-9-8(11)4-12-5-14(7)9/h3-6H,2H2,1H3,(H,15,16). The van der Waals surface area contributed by atoms with Gasteiger partial charge in [-0.15, -0.1) is 0 Å². The molecule has 2 aromatic rings. The van der Waals surface area contributed by atoms with Crippen LogP contribution in [0.5, 0.6) is 0 Å². The molecule has 0 bridgehead atoms. The summed E-state index contributed by atoms with van der Waals surface area (Å²) in [5.41, 5.74) is 1.39. The zero-order chi connectivity index (χ0) is 11.7. The Labute approximate surface area is 96.7 Å². The number of carboxylic acid groups (broad SMARTS) is 1. The number of nitrogens with zero attached hydrogens (tertiary/aromatic N) is 3. The van der Waals surface area contributed by atoms with Gasteiger partial charge in [-0.05, 0) is 0 Å². The number of rotatable bonds is 3. The largest absolute Gasteiger partial charge is 0.481 e. The smallest absolute Gasteiger partial charge is 0.306 e. The lowest BCUT2D eigenvalue weighted by molar-refractivity contribution is -0.141. The van der Waals surface area contributed by atoms with Crippen LogP contribution in [0.1, 0.15) is 12.6 Å². The number of halogens is 1. The number of carbonyl (C=O) groups is 1. The molecule has 0 aliphatic rings. The Bertz CT molecular complexity index is 538. The Hall–Kier alpha value is -1.62. The van der Waals surface area contributed by atoms with Crippen molar-refractivity contribution >= 4 is 23.2 Å². The molecule has 1 N–H and O–H groups in total. The lowest BCUT2D eigenvalue weighted by atomic mass is 10.1. The second kappa shape index (κ2) is 4.09. The zero-order valence-corrected chi connectivity index (χ0v) is 9.35. The van der Waals surface area contributed by atoms with Crippen LogP contribution in [-0.4, -0.2) is 25.4 Å². The fraction of sp³-hybridized carbons (Fsp3) is 0.300. The summed E-state index contributed by atoms with van der Waals surface area (Å²) in [7, 11) is 0. The lowest BCUT2D eigenvalue weighted by Gasteiger charge is -2.05. The predicted octanol–water partition coefficient (Wildman–Crippen LogP) is 1.65. The van der Waals surface area contributed by atoms with Crippen LogP contribution in [-0.2, 0) is 11.2 Å². The number of aromatic nitrogens is 3. The Morgan fingerprint density at radius 1 is 1.62 bits per heavy atom. The highest BCUT2D eigenvalue weighted by atomic mass is 35.5. The molecule has 2 heterocycles. The van der Waals surface area contributed by atoms with E-state index in [1.165, 1.54) is 6.20 Å². The van der Waals surface area contributed by atoms with Crippen molar-refractivity contribution in [1.82, 2.24) is 14.4 Å². The molecule has 0 fully saturated rings. The van der Waals surface area contributed by atoms with E-state index in [2.05, 4.69) is 9.97 Å². The maximum atomic E-state index is 10.8. The molecule has 0 aromatic carbocycles. The van der Waals surface area contributed by atoms with Crippen LogP contribution in [0.4, 0.5) is 0 Å². The van der Waals surface area contributed by atoms with Gasteiger partial charge >= 0.3 is 5.97 Å². The first-order valence-electron chi connectivity index (χ1n) is 4.78. The molecule has 1 atom stereocenters. The van der Waals surface area contributed by atoms with Crippen LogP contribution in [0, 0.1) is 5.92 Å². The van der Waals surface area contributed by atoms with Crippen LogP contribution < -0.4 is 0 Å². The summed E-state index contributed by atoms with van der Waals surface area (Å²) < 4.78 is 1.71. The van der Waals surface area contributed by atoms with Crippen molar-refractivity contribution in [2.45, 2.75) is 13.3 Å². The summed E-state index contributed by atoms with van der Waals surface area (Å²) in [6, 6.07) is 0. The molecule has 0 saturated heterocycles. The van der Waals surface area contributed by atoms with Crippen LogP contribution in [0.25, 0.3) is 5.65 Å². The molecule has 16 heavy (non-hydrogen) atoms. The van der Waals surface area contributed by atoms with Crippen LogP contribution in [0.2, 0.25) is 5.02 Å². The SMILES string of the molecule is CC(Cc1cnc2c(Cl)cncn12)C(=O)O. The first-order valence-corrected chi connectivity index (χ1v) is 5.15. The van der Waals surface area contributed by atoms with Gasteiger partial charge in [-0.3, -0.25) is 9.20 Å². The molecule has 2 aromatic heterocycles. The average molecular weight is 240 g/mol. The van der Waals surface area contributed by atoms with Crippen molar-refractivity contribution in [2.75, 3.05) is 0 Å². The lowest BCUT2D eigenvalue weighted by Crippen LogP contribution is -2.13. The van der Waals surface area contributed by atoms with E-state index >= 15 is 0 Å². The van der Waals surface area contributed by atoms with Crippen LogP contribution in [0.3, 0.4) is 0 Å². The van der Waals surface area contributed by atoms with Crippen molar-refractivity contribution in [2.24, 2.45) is 5.92 Å². The van der Waals surface area contributed by atoms with Crippen molar-refractivity contribution in [3.8, 4) is 0 Å². The quantitative estimate of drug-likeness (QED) is 0.884. The predicted molar refractivity (Wildman–Crippen MR) is 58.5 cm³/mol. The Morgan fingerprint density at radius 3 is 3.06 bits per heavy atom. The van der Waals surface area contributed by atoms with Crippen molar-refractivity contribution in [3.63, 3.8) is 0 Å². The summed E-state index contributed by atoms with van der Waals surface area (Å²) in [6.07, 6.45) is 5.12. The molecule has 0 saturated carbocycles. The second-order valence-electron chi connectivity index (χ2n) is 3.63. The van der Waals surface area contributed by atoms with E-state index < -0.39 is 11.9 Å². The number of hydrogen-bond acceptors (Lipinski definition) is 3. The topological polar surface area (TPSA) is 67.5 Å².